The van der Waals surface area contributed by atoms with E-state index in [9.17, 15) is 9.59 Å². The summed E-state index contributed by atoms with van der Waals surface area (Å²) in [5.74, 6) is -1.05. The third-order valence-electron chi connectivity index (χ3n) is 4.54. The quantitative estimate of drug-likeness (QED) is 0.529. The Bertz CT molecular complexity index is 1240. The highest BCUT2D eigenvalue weighted by Gasteiger charge is 2.17. The fourth-order valence-electron chi connectivity index (χ4n) is 3.04. The second-order valence-corrected chi connectivity index (χ2v) is 7.61. The minimum absolute atomic E-state index is 0.111. The van der Waals surface area contributed by atoms with Crippen LogP contribution in [-0.4, -0.2) is 31.6 Å². The van der Waals surface area contributed by atoms with Gasteiger partial charge in [0.25, 0.3) is 5.91 Å². The molecule has 1 aromatic carbocycles. The lowest BCUT2D eigenvalue weighted by atomic mass is 10.1. The zero-order valence-electron chi connectivity index (χ0n) is 15.8. The van der Waals surface area contributed by atoms with Gasteiger partial charge in [0, 0.05) is 10.8 Å². The fourth-order valence-corrected chi connectivity index (χ4v) is 3.65. The largest absolute Gasteiger partial charge is 0.366 e. The van der Waals surface area contributed by atoms with Gasteiger partial charge in [0.05, 0.1) is 45.9 Å². The van der Waals surface area contributed by atoms with Gasteiger partial charge in [0.2, 0.25) is 5.91 Å². The van der Waals surface area contributed by atoms with Crippen LogP contribution in [0.25, 0.3) is 10.9 Å². The molecular formula is C20H18N6O2S. The van der Waals surface area contributed by atoms with Crippen LogP contribution in [0.1, 0.15) is 37.2 Å². The minimum Gasteiger partial charge on any atom is -0.366 e. The van der Waals surface area contributed by atoms with Gasteiger partial charge in [0.1, 0.15) is 5.69 Å². The lowest BCUT2D eigenvalue weighted by molar-refractivity contribution is 0.100. The number of benzene rings is 1. The number of nitrogens with two attached hydrogens (primary N) is 1. The van der Waals surface area contributed by atoms with E-state index in [1.807, 2.05) is 19.2 Å². The van der Waals surface area contributed by atoms with Crippen molar-refractivity contribution in [1.29, 1.82) is 0 Å². The van der Waals surface area contributed by atoms with Crippen molar-refractivity contribution in [2.45, 2.75) is 20.4 Å². The molecule has 29 heavy (non-hydrogen) atoms. The van der Waals surface area contributed by atoms with Crippen LogP contribution in [0.5, 0.6) is 0 Å². The predicted octanol–water partition coefficient (Wildman–Crippen LogP) is 2.90. The van der Waals surface area contributed by atoms with Crippen molar-refractivity contribution in [3.05, 3.63) is 69.6 Å². The number of fused-ring (bicyclic) bond motifs is 1. The molecule has 3 aromatic heterocycles. The van der Waals surface area contributed by atoms with E-state index in [1.165, 1.54) is 6.07 Å². The number of thiazole rings is 1. The highest BCUT2D eigenvalue weighted by Crippen LogP contribution is 2.20. The summed E-state index contributed by atoms with van der Waals surface area (Å²) in [5, 5.41) is 10.7. The molecule has 4 rings (SSSR count). The molecule has 0 atom stereocenters. The molecule has 2 amide bonds. The molecule has 146 valence electrons. The number of hydrogen-bond donors (Lipinski definition) is 2. The standard InChI is InChI=1S/C20H18N6O2S/c1-11-18(8-22-26(11)9-13-10-29-12(2)23-13)25-20(28)17-7-15(19(21)27)14-5-3-4-6-16(14)24-17/h3-8,10H,9H2,1-2H3,(H2,21,27)(H,25,28). The second kappa shape index (κ2) is 7.44. The van der Waals surface area contributed by atoms with Gasteiger partial charge in [-0.3, -0.25) is 14.3 Å². The molecule has 4 aromatic rings. The molecule has 0 bridgehead atoms. The smallest absolute Gasteiger partial charge is 0.274 e. The van der Waals surface area contributed by atoms with Crippen molar-refractivity contribution < 1.29 is 9.59 Å². The third kappa shape index (κ3) is 3.72. The van der Waals surface area contributed by atoms with Crippen molar-refractivity contribution in [3.63, 3.8) is 0 Å². The number of hydrogen-bond acceptors (Lipinski definition) is 6. The van der Waals surface area contributed by atoms with Crippen molar-refractivity contribution in [2.24, 2.45) is 5.73 Å². The Kier molecular flexibility index (Phi) is 4.81. The summed E-state index contributed by atoms with van der Waals surface area (Å²) >= 11 is 1.58. The Hall–Kier alpha value is -3.59. The van der Waals surface area contributed by atoms with Gasteiger partial charge >= 0.3 is 0 Å². The van der Waals surface area contributed by atoms with E-state index >= 15 is 0 Å². The minimum atomic E-state index is -0.611. The van der Waals surface area contributed by atoms with Crippen LogP contribution in [0.4, 0.5) is 5.69 Å². The molecule has 0 saturated heterocycles. The maximum absolute atomic E-state index is 12.8. The highest BCUT2D eigenvalue weighted by atomic mass is 32.1. The third-order valence-corrected chi connectivity index (χ3v) is 5.37. The zero-order valence-corrected chi connectivity index (χ0v) is 16.7. The van der Waals surface area contributed by atoms with Gasteiger partial charge in [-0.1, -0.05) is 18.2 Å². The lowest BCUT2D eigenvalue weighted by Crippen LogP contribution is -2.18. The first-order chi connectivity index (χ1) is 13.9. The first kappa shape index (κ1) is 18.8. The number of rotatable bonds is 5. The number of para-hydroxylation sites is 1. The molecule has 0 fully saturated rings. The van der Waals surface area contributed by atoms with E-state index in [4.69, 9.17) is 5.73 Å². The number of carbonyl (C=O) groups is 2. The average molecular weight is 406 g/mol. The van der Waals surface area contributed by atoms with E-state index in [0.29, 0.717) is 23.1 Å². The van der Waals surface area contributed by atoms with Gasteiger partial charge in [-0.25, -0.2) is 9.97 Å². The van der Waals surface area contributed by atoms with Crippen LogP contribution < -0.4 is 11.1 Å². The molecule has 0 unspecified atom stereocenters. The number of aryl methyl sites for hydroxylation is 1. The summed E-state index contributed by atoms with van der Waals surface area (Å²) < 4.78 is 1.77. The average Bonchev–Trinajstić information content (AvgIpc) is 3.27. The molecular weight excluding hydrogens is 388 g/mol. The molecule has 0 aliphatic rings. The molecule has 9 heteroatoms. The highest BCUT2D eigenvalue weighted by molar-refractivity contribution is 7.09. The maximum Gasteiger partial charge on any atom is 0.274 e. The molecule has 3 heterocycles. The zero-order chi connectivity index (χ0) is 20.5. The van der Waals surface area contributed by atoms with Gasteiger partial charge in [0.15, 0.2) is 0 Å². The molecule has 8 nitrogen and oxygen atoms in total. The summed E-state index contributed by atoms with van der Waals surface area (Å²) in [6.07, 6.45) is 1.59. The van der Waals surface area contributed by atoms with Crippen LogP contribution in [0.15, 0.2) is 41.9 Å². The Labute approximate surface area is 170 Å². The van der Waals surface area contributed by atoms with Crippen molar-refractivity contribution >= 4 is 39.7 Å². The topological polar surface area (TPSA) is 116 Å². The Morgan fingerprint density at radius 2 is 2.00 bits per heavy atom. The van der Waals surface area contributed by atoms with E-state index in [0.717, 1.165) is 16.4 Å². The normalized spacial score (nSPS) is 11.0. The number of nitrogens with one attached hydrogen (secondary N) is 1. The number of carbonyl (C=O) groups excluding carboxylic acids is 2. The van der Waals surface area contributed by atoms with Gasteiger partial charge < -0.3 is 11.1 Å². The van der Waals surface area contributed by atoms with Crippen molar-refractivity contribution in [1.82, 2.24) is 19.7 Å². The molecule has 0 spiro atoms. The summed E-state index contributed by atoms with van der Waals surface area (Å²) in [6, 6.07) is 8.47. The number of aromatic nitrogens is 4. The van der Waals surface area contributed by atoms with E-state index in [2.05, 4.69) is 20.4 Å². The van der Waals surface area contributed by atoms with Crippen LogP contribution in [0, 0.1) is 13.8 Å². The number of anilines is 1. The number of amides is 2. The molecule has 0 aliphatic heterocycles. The first-order valence-corrected chi connectivity index (χ1v) is 9.74. The number of nitrogens with zero attached hydrogens (tertiary/aromatic N) is 4. The molecule has 0 radical (unpaired) electrons. The van der Waals surface area contributed by atoms with Crippen molar-refractivity contribution in [3.8, 4) is 0 Å². The molecule has 0 saturated carbocycles. The van der Waals surface area contributed by atoms with Gasteiger partial charge in [-0.2, -0.15) is 5.10 Å². The maximum atomic E-state index is 12.8. The summed E-state index contributed by atoms with van der Waals surface area (Å²) in [6.45, 7) is 4.34. The molecule has 0 aliphatic carbocycles. The van der Waals surface area contributed by atoms with Crippen LogP contribution >= 0.6 is 11.3 Å². The number of pyridine rings is 1. The lowest BCUT2D eigenvalue weighted by Gasteiger charge is -2.08. The summed E-state index contributed by atoms with van der Waals surface area (Å²) in [4.78, 5) is 33.4. The Balaban J connectivity index is 1.61. The Morgan fingerprint density at radius 1 is 1.21 bits per heavy atom. The van der Waals surface area contributed by atoms with E-state index < -0.39 is 11.8 Å². The van der Waals surface area contributed by atoms with Gasteiger partial charge in [-0.05, 0) is 26.0 Å². The second-order valence-electron chi connectivity index (χ2n) is 6.55. The van der Waals surface area contributed by atoms with E-state index in [-0.39, 0.29) is 11.3 Å². The monoisotopic (exact) mass is 406 g/mol. The SMILES string of the molecule is Cc1nc(Cn2ncc(NC(=O)c3cc(C(N)=O)c4ccccc4n3)c2C)cs1. The molecule has 3 N–H and O–H groups in total. The summed E-state index contributed by atoms with van der Waals surface area (Å²) in [7, 11) is 0. The van der Waals surface area contributed by atoms with Crippen LogP contribution in [-0.2, 0) is 6.54 Å². The van der Waals surface area contributed by atoms with Crippen LogP contribution in [0.3, 0.4) is 0 Å². The van der Waals surface area contributed by atoms with Gasteiger partial charge in [-0.15, -0.1) is 11.3 Å². The van der Waals surface area contributed by atoms with E-state index in [1.54, 1.807) is 46.5 Å². The first-order valence-electron chi connectivity index (χ1n) is 8.86. The summed E-state index contributed by atoms with van der Waals surface area (Å²) in [5.41, 5.74) is 8.66. The van der Waals surface area contributed by atoms with Crippen molar-refractivity contribution in [2.75, 3.05) is 5.32 Å². The predicted molar refractivity (Wildman–Crippen MR) is 111 cm³/mol. The Morgan fingerprint density at radius 3 is 2.72 bits per heavy atom. The number of primary amides is 1. The van der Waals surface area contributed by atoms with Crippen LogP contribution in [0.2, 0.25) is 0 Å². The fraction of sp³-hybridized carbons (Fsp3) is 0.150.